The van der Waals surface area contributed by atoms with Gasteiger partial charge in [-0.15, -0.1) is 0 Å². The Labute approximate surface area is 312 Å². The van der Waals surface area contributed by atoms with Crippen molar-refractivity contribution in [1.82, 2.24) is 10.2 Å². The second-order valence-corrected chi connectivity index (χ2v) is 14.5. The van der Waals surface area contributed by atoms with Crippen molar-refractivity contribution in [3.05, 3.63) is 87.4 Å². The molecule has 0 heterocycles. The van der Waals surface area contributed by atoms with Crippen LogP contribution in [-0.4, -0.2) is 68.9 Å². The van der Waals surface area contributed by atoms with Crippen LogP contribution in [0.5, 0.6) is 17.2 Å². The van der Waals surface area contributed by atoms with Gasteiger partial charge >= 0.3 is 6.09 Å². The summed E-state index contributed by atoms with van der Waals surface area (Å²) < 4.78 is 22.6. The van der Waals surface area contributed by atoms with Gasteiger partial charge in [0.1, 0.15) is 30.5 Å². The molecule has 3 aromatic rings. The predicted molar refractivity (Wildman–Crippen MR) is 202 cm³/mol. The molecule has 0 radical (unpaired) electrons. The van der Waals surface area contributed by atoms with Crippen LogP contribution in [-0.2, 0) is 33.7 Å². The number of benzene rings is 3. The summed E-state index contributed by atoms with van der Waals surface area (Å²) in [6.07, 6.45) is 3.11. The normalized spacial score (nSPS) is 13.3. The Morgan fingerprint density at radius 2 is 1.63 bits per heavy atom. The van der Waals surface area contributed by atoms with Crippen LogP contribution in [0.1, 0.15) is 60.9 Å². The van der Waals surface area contributed by atoms with Crippen molar-refractivity contribution in [2.24, 2.45) is 22.8 Å². The van der Waals surface area contributed by atoms with Crippen LogP contribution in [0.4, 0.5) is 4.79 Å². The van der Waals surface area contributed by atoms with Crippen molar-refractivity contribution in [3.63, 3.8) is 0 Å². The first-order valence-corrected chi connectivity index (χ1v) is 18.2. The maximum atomic E-state index is 14.0. The third-order valence-corrected chi connectivity index (χ3v) is 9.31. The topological polar surface area (TPSA) is 155 Å². The van der Waals surface area contributed by atoms with Gasteiger partial charge in [-0.25, -0.2) is 4.79 Å². The molecule has 0 aromatic heterocycles. The molecule has 0 saturated heterocycles. The first-order chi connectivity index (χ1) is 24.8. The van der Waals surface area contributed by atoms with E-state index >= 15 is 0 Å². The number of aryl methyl sites for hydroxylation is 3. The lowest BCUT2D eigenvalue weighted by Crippen LogP contribution is -2.43. The number of methoxy groups -OCH3 is 1. The van der Waals surface area contributed by atoms with Gasteiger partial charge in [0.15, 0.2) is 0 Å². The molecule has 1 aliphatic rings. The van der Waals surface area contributed by atoms with E-state index in [1.807, 2.05) is 67.3 Å². The van der Waals surface area contributed by atoms with E-state index in [-0.39, 0.29) is 25.0 Å². The monoisotopic (exact) mass is 736 g/mol. The smallest absolute Gasteiger partial charge is 0.412 e. The summed E-state index contributed by atoms with van der Waals surface area (Å²) in [5.41, 5.74) is 15.6. The van der Waals surface area contributed by atoms with Gasteiger partial charge in [-0.05, 0) is 118 Å². The minimum Gasteiger partial charge on any atom is -0.490 e. The minimum absolute atomic E-state index is 0.00813. The summed E-state index contributed by atoms with van der Waals surface area (Å²) in [5.74, 6) is 0.759. The number of carbonyl (C=O) groups is 3. The zero-order chi connectivity index (χ0) is 37.8. The SMILES string of the molecule is COCCCc1cc(CN(C(=O)C(CN)Cc2ccc(OCCOc3c(C)cc(C)cc3Cl)cc2)C2CC2)cc(OC(=O)NCC(C)(C)C(N)=O)c1. The number of hydrogen-bond donors (Lipinski definition) is 3. The Kier molecular flexibility index (Phi) is 14.7. The summed E-state index contributed by atoms with van der Waals surface area (Å²) in [5, 5.41) is 3.21. The summed E-state index contributed by atoms with van der Waals surface area (Å²) >= 11 is 6.35. The second kappa shape index (κ2) is 19.0. The molecule has 1 saturated carbocycles. The molecule has 3 amide bonds. The number of hydrogen-bond acceptors (Lipinski definition) is 8. The molecule has 1 fully saturated rings. The molecule has 282 valence electrons. The molecule has 4 rings (SSSR count). The summed E-state index contributed by atoms with van der Waals surface area (Å²) in [6.45, 7) is 9.11. The van der Waals surface area contributed by atoms with Gasteiger partial charge in [0.25, 0.3) is 0 Å². The number of carbonyl (C=O) groups excluding carboxylic acids is 3. The standard InChI is InChI=1S/C40H53ClN4O7/c1-26-17-27(2)36(35(41)18-26)51-16-15-50-33-12-8-28(9-13-33)20-31(23-42)37(46)45(32-10-11-32)24-30-19-29(7-6-14-49-5)21-34(22-30)52-39(48)44-25-40(3,4)38(43)47/h8-9,12-13,17-19,21-22,31-32H,6-7,10-11,14-16,20,23-25,42H2,1-5H3,(H2,43,47)(H,44,48). The second-order valence-electron chi connectivity index (χ2n) is 14.1. The zero-order valence-electron chi connectivity index (χ0n) is 31.0. The van der Waals surface area contributed by atoms with E-state index in [0.29, 0.717) is 61.5 Å². The van der Waals surface area contributed by atoms with E-state index in [9.17, 15) is 14.4 Å². The lowest BCUT2D eigenvalue weighted by molar-refractivity contribution is -0.136. The van der Waals surface area contributed by atoms with Crippen LogP contribution in [0, 0.1) is 25.2 Å². The van der Waals surface area contributed by atoms with Gasteiger partial charge in [0.05, 0.1) is 16.4 Å². The van der Waals surface area contributed by atoms with Crippen LogP contribution in [0.2, 0.25) is 5.02 Å². The van der Waals surface area contributed by atoms with E-state index in [1.54, 1.807) is 27.0 Å². The van der Waals surface area contributed by atoms with E-state index in [1.165, 1.54) is 0 Å². The molecule has 1 atom stereocenters. The summed E-state index contributed by atoms with van der Waals surface area (Å²) in [4.78, 5) is 40.3. The zero-order valence-corrected chi connectivity index (χ0v) is 31.7. The van der Waals surface area contributed by atoms with Gasteiger partial charge in [-0.3, -0.25) is 9.59 Å². The molecule has 12 heteroatoms. The van der Waals surface area contributed by atoms with Crippen molar-refractivity contribution in [2.75, 3.05) is 40.0 Å². The van der Waals surface area contributed by atoms with Gasteiger partial charge in [0.2, 0.25) is 11.8 Å². The summed E-state index contributed by atoms with van der Waals surface area (Å²) in [6, 6.07) is 17.3. The van der Waals surface area contributed by atoms with Gasteiger partial charge in [0, 0.05) is 39.4 Å². The van der Waals surface area contributed by atoms with E-state index < -0.39 is 23.3 Å². The van der Waals surface area contributed by atoms with Crippen molar-refractivity contribution >= 4 is 29.5 Å². The number of rotatable bonds is 20. The third-order valence-electron chi connectivity index (χ3n) is 9.03. The molecular formula is C40H53ClN4O7. The Bertz CT molecular complexity index is 1650. The molecule has 52 heavy (non-hydrogen) atoms. The fourth-order valence-corrected chi connectivity index (χ4v) is 6.21. The third kappa shape index (κ3) is 12.1. The van der Waals surface area contributed by atoms with Crippen LogP contribution in [0.15, 0.2) is 54.6 Å². The maximum Gasteiger partial charge on any atom is 0.412 e. The molecule has 1 aliphatic carbocycles. The average molecular weight is 737 g/mol. The number of primary amides is 1. The van der Waals surface area contributed by atoms with Crippen LogP contribution < -0.4 is 31.0 Å². The van der Waals surface area contributed by atoms with Gasteiger partial charge < -0.3 is 40.6 Å². The Morgan fingerprint density at radius 3 is 2.27 bits per heavy atom. The lowest BCUT2D eigenvalue weighted by atomic mass is 9.93. The van der Waals surface area contributed by atoms with E-state index in [2.05, 4.69) is 5.32 Å². The maximum absolute atomic E-state index is 14.0. The van der Waals surface area contributed by atoms with E-state index in [4.69, 9.17) is 42.0 Å². The largest absolute Gasteiger partial charge is 0.490 e. The fraction of sp³-hybridized carbons (Fsp3) is 0.475. The van der Waals surface area contributed by atoms with Gasteiger partial charge in [-0.2, -0.15) is 0 Å². The molecule has 5 N–H and O–H groups in total. The average Bonchev–Trinajstić information content (AvgIpc) is 3.94. The number of amides is 3. The predicted octanol–water partition coefficient (Wildman–Crippen LogP) is 5.90. The van der Waals surface area contributed by atoms with Crippen molar-refractivity contribution in [3.8, 4) is 17.2 Å². The van der Waals surface area contributed by atoms with Crippen LogP contribution in [0.3, 0.4) is 0 Å². The lowest BCUT2D eigenvalue weighted by Gasteiger charge is -2.27. The molecule has 0 aliphatic heterocycles. The number of ether oxygens (including phenoxy) is 4. The van der Waals surface area contributed by atoms with Crippen LogP contribution in [0.25, 0.3) is 0 Å². The first-order valence-electron chi connectivity index (χ1n) is 17.8. The molecule has 1 unspecified atom stereocenters. The number of halogens is 1. The number of nitrogens with one attached hydrogen (secondary N) is 1. The molecule has 0 spiro atoms. The molecular weight excluding hydrogens is 684 g/mol. The number of nitrogens with two attached hydrogens (primary N) is 2. The Balaban J connectivity index is 1.38. The van der Waals surface area contributed by atoms with Crippen molar-refractivity contribution in [1.29, 1.82) is 0 Å². The molecule has 11 nitrogen and oxygen atoms in total. The highest BCUT2D eigenvalue weighted by Gasteiger charge is 2.35. The highest BCUT2D eigenvalue weighted by molar-refractivity contribution is 6.32. The molecule has 3 aromatic carbocycles. The minimum atomic E-state index is -0.931. The Hall–Kier alpha value is -4.32. The highest BCUT2D eigenvalue weighted by atomic mass is 35.5. The summed E-state index contributed by atoms with van der Waals surface area (Å²) in [7, 11) is 1.65. The number of nitrogens with zero attached hydrogens (tertiary/aromatic N) is 1. The van der Waals surface area contributed by atoms with Gasteiger partial charge in [-0.1, -0.05) is 35.9 Å². The fourth-order valence-electron chi connectivity index (χ4n) is 5.84. The van der Waals surface area contributed by atoms with E-state index in [0.717, 1.165) is 47.1 Å². The first kappa shape index (κ1) is 40.5. The quantitative estimate of drug-likeness (QED) is 0.121. The van der Waals surface area contributed by atoms with Crippen LogP contribution >= 0.6 is 11.6 Å². The highest BCUT2D eigenvalue weighted by Crippen LogP contribution is 2.32. The Morgan fingerprint density at radius 1 is 0.942 bits per heavy atom. The van der Waals surface area contributed by atoms with Crippen molar-refractivity contribution < 1.29 is 33.3 Å². The van der Waals surface area contributed by atoms with Crippen molar-refractivity contribution in [2.45, 2.75) is 72.4 Å². The molecule has 0 bridgehead atoms.